The molecule has 0 saturated carbocycles. The van der Waals surface area contributed by atoms with Crippen molar-refractivity contribution >= 4 is 16.8 Å². The lowest BCUT2D eigenvalue weighted by Gasteiger charge is -2.15. The normalized spacial score (nSPS) is 12.1. The Balaban J connectivity index is 1.53. The number of benzene rings is 3. The Hall–Kier alpha value is -3.47. The van der Waals surface area contributed by atoms with E-state index in [0.717, 1.165) is 28.5 Å². The molecule has 4 aromatic rings. The van der Waals surface area contributed by atoms with Gasteiger partial charge in [0.25, 0.3) is 5.91 Å². The van der Waals surface area contributed by atoms with Gasteiger partial charge in [0.2, 0.25) is 0 Å². The Morgan fingerprint density at radius 2 is 1.73 bits per heavy atom. The zero-order valence-electron chi connectivity index (χ0n) is 17.1. The fourth-order valence-corrected chi connectivity index (χ4v) is 3.51. The van der Waals surface area contributed by atoms with Gasteiger partial charge in [-0.25, -0.2) is 4.39 Å². The summed E-state index contributed by atoms with van der Waals surface area (Å²) in [4.78, 5) is 12.8. The van der Waals surface area contributed by atoms with Gasteiger partial charge < -0.3 is 5.32 Å². The Labute approximate surface area is 175 Å². The lowest BCUT2D eigenvalue weighted by Crippen LogP contribution is -2.26. The molecule has 1 amide bonds. The van der Waals surface area contributed by atoms with Crippen molar-refractivity contribution in [2.75, 3.05) is 0 Å². The van der Waals surface area contributed by atoms with E-state index >= 15 is 0 Å². The zero-order chi connectivity index (χ0) is 21.1. The van der Waals surface area contributed by atoms with Crippen molar-refractivity contribution in [1.29, 1.82) is 0 Å². The second-order valence-corrected chi connectivity index (χ2v) is 7.49. The fraction of sp³-hybridized carbons (Fsp3) is 0.200. The van der Waals surface area contributed by atoms with Crippen LogP contribution in [-0.4, -0.2) is 15.7 Å². The molecule has 0 aliphatic rings. The Kier molecular flexibility index (Phi) is 5.61. The largest absolute Gasteiger partial charge is 0.346 e. The smallest absolute Gasteiger partial charge is 0.251 e. The van der Waals surface area contributed by atoms with Crippen LogP contribution in [0.25, 0.3) is 10.9 Å². The lowest BCUT2D eigenvalue weighted by atomic mass is 10.0. The molecule has 0 aliphatic carbocycles. The summed E-state index contributed by atoms with van der Waals surface area (Å²) in [5, 5.41) is 8.46. The first-order valence-electron chi connectivity index (χ1n) is 10.1. The SMILES string of the molecule is CCc1ccc([C@H](C)NC(=O)c2ccc3cnn(Cc4ccc(F)cc4)c3c2)cc1. The standard InChI is InChI=1S/C25H24FN3O/c1-3-18-4-8-20(9-5-18)17(2)28-25(30)21-10-11-22-15-27-29(24(22)14-21)16-19-6-12-23(26)13-7-19/h4-15,17H,3,16H2,1-2H3,(H,28,30)/t17-/m0/s1. The molecule has 1 N–H and O–H groups in total. The highest BCUT2D eigenvalue weighted by Crippen LogP contribution is 2.19. The van der Waals surface area contributed by atoms with Crippen LogP contribution in [0.2, 0.25) is 0 Å². The lowest BCUT2D eigenvalue weighted by molar-refractivity contribution is 0.0940. The van der Waals surface area contributed by atoms with Crippen molar-refractivity contribution in [1.82, 2.24) is 15.1 Å². The van der Waals surface area contributed by atoms with Crippen LogP contribution in [0.15, 0.2) is 72.9 Å². The molecule has 0 saturated heterocycles. The minimum absolute atomic E-state index is 0.0942. The van der Waals surface area contributed by atoms with Gasteiger partial charge >= 0.3 is 0 Å². The summed E-state index contributed by atoms with van der Waals surface area (Å²) >= 11 is 0. The number of fused-ring (bicyclic) bond motifs is 1. The van der Waals surface area contributed by atoms with Crippen molar-refractivity contribution < 1.29 is 9.18 Å². The van der Waals surface area contributed by atoms with Gasteiger partial charge in [-0.1, -0.05) is 49.4 Å². The van der Waals surface area contributed by atoms with Crippen LogP contribution in [0.4, 0.5) is 4.39 Å². The first-order valence-corrected chi connectivity index (χ1v) is 10.1. The molecule has 152 valence electrons. The molecule has 0 bridgehead atoms. The number of aryl methyl sites for hydroxylation is 1. The average molecular weight is 401 g/mol. The van der Waals surface area contributed by atoms with Gasteiger partial charge in [-0.15, -0.1) is 0 Å². The van der Waals surface area contributed by atoms with Crippen molar-refractivity contribution in [3.63, 3.8) is 0 Å². The number of hydrogen-bond acceptors (Lipinski definition) is 2. The van der Waals surface area contributed by atoms with Gasteiger partial charge in [-0.2, -0.15) is 5.10 Å². The molecule has 0 aliphatic heterocycles. The van der Waals surface area contributed by atoms with Gasteiger partial charge in [-0.3, -0.25) is 9.48 Å². The highest BCUT2D eigenvalue weighted by atomic mass is 19.1. The number of carbonyl (C=O) groups excluding carboxylic acids is 1. The number of rotatable bonds is 6. The van der Waals surface area contributed by atoms with E-state index in [1.54, 1.807) is 18.3 Å². The van der Waals surface area contributed by atoms with Crippen LogP contribution < -0.4 is 5.32 Å². The van der Waals surface area contributed by atoms with E-state index in [1.807, 2.05) is 29.8 Å². The molecule has 0 radical (unpaired) electrons. The minimum atomic E-state index is -0.263. The number of aromatic nitrogens is 2. The Morgan fingerprint density at radius 3 is 2.43 bits per heavy atom. The highest BCUT2D eigenvalue weighted by molar-refractivity contribution is 5.98. The van der Waals surface area contributed by atoms with E-state index in [1.165, 1.54) is 17.7 Å². The average Bonchev–Trinajstić information content (AvgIpc) is 3.17. The molecule has 3 aromatic carbocycles. The van der Waals surface area contributed by atoms with Gasteiger partial charge in [0.15, 0.2) is 0 Å². The third-order valence-corrected chi connectivity index (χ3v) is 5.39. The molecule has 1 atom stereocenters. The molecular formula is C25H24FN3O. The topological polar surface area (TPSA) is 46.9 Å². The Bertz CT molecular complexity index is 1160. The number of hydrogen-bond donors (Lipinski definition) is 1. The second kappa shape index (κ2) is 8.49. The van der Waals surface area contributed by atoms with Gasteiger partial charge in [0.1, 0.15) is 5.82 Å². The first kappa shape index (κ1) is 19.8. The maximum absolute atomic E-state index is 13.2. The van der Waals surface area contributed by atoms with E-state index in [2.05, 4.69) is 41.6 Å². The quantitative estimate of drug-likeness (QED) is 0.478. The highest BCUT2D eigenvalue weighted by Gasteiger charge is 2.13. The second-order valence-electron chi connectivity index (χ2n) is 7.49. The van der Waals surface area contributed by atoms with E-state index in [4.69, 9.17) is 0 Å². The van der Waals surface area contributed by atoms with Crippen molar-refractivity contribution in [3.8, 4) is 0 Å². The fourth-order valence-electron chi connectivity index (χ4n) is 3.51. The summed E-state index contributed by atoms with van der Waals surface area (Å²) in [5.41, 5.74) is 4.74. The summed E-state index contributed by atoms with van der Waals surface area (Å²) in [7, 11) is 0. The third-order valence-electron chi connectivity index (χ3n) is 5.39. The summed E-state index contributed by atoms with van der Waals surface area (Å²) < 4.78 is 15.0. The number of carbonyl (C=O) groups is 1. The van der Waals surface area contributed by atoms with Crippen LogP contribution >= 0.6 is 0 Å². The van der Waals surface area contributed by atoms with E-state index in [-0.39, 0.29) is 17.8 Å². The molecule has 4 nitrogen and oxygen atoms in total. The summed E-state index contributed by atoms with van der Waals surface area (Å²) in [6.45, 7) is 4.61. The van der Waals surface area contributed by atoms with E-state index in [9.17, 15) is 9.18 Å². The Morgan fingerprint density at radius 1 is 1.03 bits per heavy atom. The molecule has 5 heteroatoms. The van der Waals surface area contributed by atoms with Crippen molar-refractivity contribution in [2.24, 2.45) is 0 Å². The van der Waals surface area contributed by atoms with Crippen LogP contribution in [0.5, 0.6) is 0 Å². The predicted molar refractivity (Wildman–Crippen MR) is 117 cm³/mol. The summed E-state index contributed by atoms with van der Waals surface area (Å²) in [5.74, 6) is -0.389. The third kappa shape index (κ3) is 4.25. The number of halogens is 1. The van der Waals surface area contributed by atoms with Gasteiger partial charge in [-0.05, 0) is 54.3 Å². The molecule has 30 heavy (non-hydrogen) atoms. The van der Waals surface area contributed by atoms with Crippen LogP contribution in [0, 0.1) is 5.82 Å². The van der Waals surface area contributed by atoms with Crippen LogP contribution in [0.1, 0.15) is 46.9 Å². The monoisotopic (exact) mass is 401 g/mol. The number of nitrogens with one attached hydrogen (secondary N) is 1. The van der Waals surface area contributed by atoms with Crippen LogP contribution in [0.3, 0.4) is 0 Å². The molecule has 0 unspecified atom stereocenters. The maximum atomic E-state index is 13.2. The molecule has 0 spiro atoms. The van der Waals surface area contributed by atoms with Gasteiger partial charge in [0, 0.05) is 10.9 Å². The number of amides is 1. The molecule has 4 rings (SSSR count). The maximum Gasteiger partial charge on any atom is 0.251 e. The van der Waals surface area contributed by atoms with Gasteiger partial charge in [0.05, 0.1) is 24.3 Å². The molecular weight excluding hydrogens is 377 g/mol. The minimum Gasteiger partial charge on any atom is -0.346 e. The molecule has 0 fully saturated rings. The van der Waals surface area contributed by atoms with E-state index < -0.39 is 0 Å². The predicted octanol–water partition coefficient (Wildman–Crippen LogP) is 5.28. The van der Waals surface area contributed by atoms with Crippen molar-refractivity contribution in [3.05, 3.63) is 101 Å². The van der Waals surface area contributed by atoms with Crippen LogP contribution in [-0.2, 0) is 13.0 Å². The van der Waals surface area contributed by atoms with Crippen molar-refractivity contribution in [2.45, 2.75) is 32.9 Å². The zero-order valence-corrected chi connectivity index (χ0v) is 17.1. The number of nitrogens with zero attached hydrogens (tertiary/aromatic N) is 2. The summed E-state index contributed by atoms with van der Waals surface area (Å²) in [6.07, 6.45) is 2.77. The molecule has 1 heterocycles. The summed E-state index contributed by atoms with van der Waals surface area (Å²) in [6, 6.07) is 20.1. The van der Waals surface area contributed by atoms with E-state index in [0.29, 0.717) is 12.1 Å². The first-order chi connectivity index (χ1) is 14.5. The molecule has 1 aromatic heterocycles.